The molecule has 1 aliphatic rings. The molecule has 0 aliphatic carbocycles. The highest BCUT2D eigenvalue weighted by atomic mass is 16.4. The van der Waals surface area contributed by atoms with E-state index in [0.717, 1.165) is 30.4 Å². The van der Waals surface area contributed by atoms with Gasteiger partial charge in [-0.05, 0) is 29.7 Å². The molecular weight excluding hydrogens is 256 g/mol. The van der Waals surface area contributed by atoms with Crippen molar-refractivity contribution in [2.75, 3.05) is 6.54 Å². The third-order valence-electron chi connectivity index (χ3n) is 3.52. The number of carboxylic acids is 1. The highest BCUT2D eigenvalue weighted by molar-refractivity contribution is 5.88. The Labute approximate surface area is 118 Å². The molecule has 0 fully saturated rings. The molecule has 0 saturated carbocycles. The van der Waals surface area contributed by atoms with Gasteiger partial charge in [-0.2, -0.15) is 0 Å². The second-order valence-electron chi connectivity index (χ2n) is 5.08. The molecule has 0 radical (unpaired) electrons. The lowest BCUT2D eigenvalue weighted by molar-refractivity contribution is 0.0696. The molecule has 2 N–H and O–H groups in total. The molecular formula is C15H20N2O3. The van der Waals surface area contributed by atoms with Crippen molar-refractivity contribution in [3.63, 3.8) is 0 Å². The monoisotopic (exact) mass is 276 g/mol. The van der Waals surface area contributed by atoms with Crippen molar-refractivity contribution in [2.24, 2.45) is 0 Å². The van der Waals surface area contributed by atoms with Gasteiger partial charge in [-0.25, -0.2) is 9.59 Å². The number of rotatable bonds is 5. The van der Waals surface area contributed by atoms with Gasteiger partial charge in [-0.1, -0.05) is 25.8 Å². The van der Waals surface area contributed by atoms with E-state index >= 15 is 0 Å². The number of aromatic carboxylic acids is 1. The van der Waals surface area contributed by atoms with Crippen molar-refractivity contribution in [1.29, 1.82) is 0 Å². The van der Waals surface area contributed by atoms with Crippen molar-refractivity contribution >= 4 is 12.0 Å². The summed E-state index contributed by atoms with van der Waals surface area (Å²) in [6.45, 7) is 3.85. The average Bonchev–Trinajstić information content (AvgIpc) is 2.86. The van der Waals surface area contributed by atoms with Crippen LogP contribution in [0, 0.1) is 0 Å². The summed E-state index contributed by atoms with van der Waals surface area (Å²) >= 11 is 0. The van der Waals surface area contributed by atoms with Crippen molar-refractivity contribution in [3.05, 3.63) is 34.9 Å². The summed E-state index contributed by atoms with van der Waals surface area (Å²) in [5.41, 5.74) is 2.22. The minimum absolute atomic E-state index is 0.0748. The normalized spacial score (nSPS) is 13.2. The second-order valence-corrected chi connectivity index (χ2v) is 5.08. The van der Waals surface area contributed by atoms with Gasteiger partial charge in [0.1, 0.15) is 0 Å². The topological polar surface area (TPSA) is 69.6 Å². The molecule has 0 saturated heterocycles. The molecule has 1 aliphatic heterocycles. The zero-order valence-electron chi connectivity index (χ0n) is 11.7. The van der Waals surface area contributed by atoms with Crippen molar-refractivity contribution in [2.45, 2.75) is 39.3 Å². The van der Waals surface area contributed by atoms with E-state index in [1.807, 2.05) is 0 Å². The first-order valence-electron chi connectivity index (χ1n) is 6.99. The first-order chi connectivity index (χ1) is 9.61. The van der Waals surface area contributed by atoms with E-state index in [-0.39, 0.29) is 11.6 Å². The van der Waals surface area contributed by atoms with Crippen molar-refractivity contribution in [3.8, 4) is 0 Å². The van der Waals surface area contributed by atoms with Crippen LogP contribution < -0.4 is 5.32 Å². The largest absolute Gasteiger partial charge is 0.478 e. The highest BCUT2D eigenvalue weighted by Gasteiger charge is 2.23. The number of amides is 2. The molecule has 108 valence electrons. The number of carbonyl (C=O) groups excluding carboxylic acids is 1. The van der Waals surface area contributed by atoms with Gasteiger partial charge >= 0.3 is 12.0 Å². The maximum Gasteiger partial charge on any atom is 0.335 e. The number of carboxylic acid groups (broad SMARTS) is 1. The summed E-state index contributed by atoms with van der Waals surface area (Å²) in [5, 5.41) is 11.9. The number of fused-ring (bicyclic) bond motifs is 1. The van der Waals surface area contributed by atoms with Crippen LogP contribution in [0.4, 0.5) is 4.79 Å². The number of carbonyl (C=O) groups is 2. The smallest absolute Gasteiger partial charge is 0.335 e. The van der Waals surface area contributed by atoms with Gasteiger partial charge in [-0.3, -0.25) is 0 Å². The fourth-order valence-electron chi connectivity index (χ4n) is 2.35. The summed E-state index contributed by atoms with van der Waals surface area (Å²) in [6.07, 6.45) is 3.23. The third-order valence-corrected chi connectivity index (χ3v) is 3.52. The maximum absolute atomic E-state index is 12.0. The third kappa shape index (κ3) is 3.29. The summed E-state index contributed by atoms with van der Waals surface area (Å²) < 4.78 is 0. The van der Waals surface area contributed by atoms with E-state index in [4.69, 9.17) is 5.11 Å². The molecule has 1 aromatic carbocycles. The number of benzene rings is 1. The first kappa shape index (κ1) is 14.4. The number of unbranched alkanes of at least 4 members (excludes halogenated alkanes) is 2. The van der Waals surface area contributed by atoms with Gasteiger partial charge in [0.05, 0.1) is 5.56 Å². The van der Waals surface area contributed by atoms with Crippen LogP contribution in [0.1, 0.15) is 47.7 Å². The quantitative estimate of drug-likeness (QED) is 0.812. The number of hydrogen-bond donors (Lipinski definition) is 2. The predicted molar refractivity (Wildman–Crippen MR) is 75.6 cm³/mol. The van der Waals surface area contributed by atoms with Gasteiger partial charge in [0.15, 0.2) is 0 Å². The molecule has 0 bridgehead atoms. The number of nitrogens with one attached hydrogen (secondary N) is 1. The van der Waals surface area contributed by atoms with E-state index in [2.05, 4.69) is 12.2 Å². The van der Waals surface area contributed by atoms with Gasteiger partial charge in [0.25, 0.3) is 0 Å². The Bertz CT molecular complexity index is 514. The standard InChI is InChI=1S/C15H20N2O3/c1-2-3-4-7-16-15(20)17-9-12-6-5-11(14(18)19)8-13(12)10-17/h5-6,8H,2-4,7,9-10H2,1H3,(H,16,20)(H,18,19). The minimum atomic E-state index is -0.935. The number of nitrogens with zero attached hydrogens (tertiary/aromatic N) is 1. The van der Waals surface area contributed by atoms with Gasteiger partial charge < -0.3 is 15.3 Å². The van der Waals surface area contributed by atoms with Crippen molar-refractivity contribution < 1.29 is 14.7 Å². The molecule has 0 atom stereocenters. The van der Waals surface area contributed by atoms with Gasteiger partial charge in [0.2, 0.25) is 0 Å². The summed E-state index contributed by atoms with van der Waals surface area (Å²) in [6, 6.07) is 4.96. The summed E-state index contributed by atoms with van der Waals surface area (Å²) in [4.78, 5) is 24.6. The van der Waals surface area contributed by atoms with Crippen LogP contribution in [0.2, 0.25) is 0 Å². The highest BCUT2D eigenvalue weighted by Crippen LogP contribution is 2.23. The van der Waals surface area contributed by atoms with Crippen LogP contribution in [-0.4, -0.2) is 28.6 Å². The molecule has 2 rings (SSSR count). The molecule has 5 nitrogen and oxygen atoms in total. The molecule has 20 heavy (non-hydrogen) atoms. The Morgan fingerprint density at radius 1 is 1.25 bits per heavy atom. The molecule has 1 heterocycles. The summed E-state index contributed by atoms with van der Waals surface area (Å²) in [5.74, 6) is -0.935. The van der Waals surface area contributed by atoms with E-state index < -0.39 is 5.97 Å². The van der Waals surface area contributed by atoms with E-state index in [9.17, 15) is 9.59 Å². The summed E-state index contributed by atoms with van der Waals surface area (Å²) in [7, 11) is 0. The van der Waals surface area contributed by atoms with Crippen LogP contribution in [0.15, 0.2) is 18.2 Å². The predicted octanol–water partition coefficient (Wildman–Crippen LogP) is 2.60. The minimum Gasteiger partial charge on any atom is -0.478 e. The van der Waals surface area contributed by atoms with E-state index in [0.29, 0.717) is 19.6 Å². The lowest BCUT2D eigenvalue weighted by Crippen LogP contribution is -2.36. The Morgan fingerprint density at radius 2 is 2.00 bits per heavy atom. The van der Waals surface area contributed by atoms with Crippen LogP contribution in [-0.2, 0) is 13.1 Å². The van der Waals surface area contributed by atoms with E-state index in [1.165, 1.54) is 0 Å². The second kappa shape index (κ2) is 6.41. The molecule has 2 amide bonds. The maximum atomic E-state index is 12.0. The van der Waals surface area contributed by atoms with Crippen LogP contribution in [0.3, 0.4) is 0 Å². The Morgan fingerprint density at radius 3 is 2.70 bits per heavy atom. The lowest BCUT2D eigenvalue weighted by Gasteiger charge is -2.16. The lowest BCUT2D eigenvalue weighted by atomic mass is 10.1. The average molecular weight is 276 g/mol. The fraction of sp³-hybridized carbons (Fsp3) is 0.467. The molecule has 1 aromatic rings. The van der Waals surface area contributed by atoms with Gasteiger partial charge in [0, 0.05) is 19.6 Å². The fourth-order valence-corrected chi connectivity index (χ4v) is 2.35. The van der Waals surface area contributed by atoms with Crippen LogP contribution in [0.5, 0.6) is 0 Å². The Kier molecular flexibility index (Phi) is 4.61. The molecule has 0 spiro atoms. The van der Waals surface area contributed by atoms with E-state index in [1.54, 1.807) is 23.1 Å². The van der Waals surface area contributed by atoms with Crippen molar-refractivity contribution in [1.82, 2.24) is 10.2 Å². The zero-order chi connectivity index (χ0) is 14.5. The zero-order valence-corrected chi connectivity index (χ0v) is 11.7. The molecule has 0 unspecified atom stereocenters. The number of hydrogen-bond acceptors (Lipinski definition) is 2. The SMILES string of the molecule is CCCCCNC(=O)N1Cc2ccc(C(=O)O)cc2C1. The molecule has 0 aromatic heterocycles. The Hall–Kier alpha value is -2.04. The van der Waals surface area contributed by atoms with Crippen LogP contribution in [0.25, 0.3) is 0 Å². The van der Waals surface area contributed by atoms with Gasteiger partial charge in [-0.15, -0.1) is 0 Å². The first-order valence-corrected chi connectivity index (χ1v) is 6.99. The van der Waals surface area contributed by atoms with Crippen LogP contribution >= 0.6 is 0 Å². The number of urea groups is 1. The molecule has 5 heteroatoms. The Balaban J connectivity index is 1.92.